The summed E-state index contributed by atoms with van der Waals surface area (Å²) in [6.07, 6.45) is 1.77. The number of hydrogen-bond acceptors (Lipinski definition) is 5. The van der Waals surface area contributed by atoms with Crippen LogP contribution < -0.4 is 16.0 Å². The van der Waals surface area contributed by atoms with Gasteiger partial charge in [0.05, 0.1) is 6.04 Å². The first-order valence-corrected chi connectivity index (χ1v) is 13.7. The average molecular weight is 534 g/mol. The van der Waals surface area contributed by atoms with Crippen LogP contribution in [0.15, 0.2) is 60.7 Å². The highest BCUT2D eigenvalue weighted by atomic mass is 16.2. The van der Waals surface area contributed by atoms with Crippen molar-refractivity contribution >= 4 is 23.6 Å². The zero-order chi connectivity index (χ0) is 27.9. The molecule has 2 aromatic carbocycles. The first-order valence-electron chi connectivity index (χ1n) is 13.7. The Hall–Kier alpha value is -3.72. The number of hydrogen-bond donors (Lipinski definition) is 3. The fraction of sp³-hybridized carbons (Fsp3) is 0.467. The third kappa shape index (κ3) is 6.65. The SMILES string of the molecule is CNC[C@@H](C)C(=O)N[C@H]1CN(C(C)=O)CC[C@H]2CC[C@@H](C(=O)NC(c3ccccc3)c3ccccc3)N2C1=O. The van der Waals surface area contributed by atoms with E-state index in [0.717, 1.165) is 11.1 Å². The third-order valence-corrected chi connectivity index (χ3v) is 7.77. The highest BCUT2D eigenvalue weighted by Crippen LogP contribution is 2.31. The highest BCUT2D eigenvalue weighted by Gasteiger charge is 2.45. The van der Waals surface area contributed by atoms with Gasteiger partial charge in [0.25, 0.3) is 0 Å². The lowest BCUT2D eigenvalue weighted by molar-refractivity contribution is -0.147. The quantitative estimate of drug-likeness (QED) is 0.480. The number of fused-ring (bicyclic) bond motifs is 1. The number of rotatable bonds is 8. The summed E-state index contributed by atoms with van der Waals surface area (Å²) in [7, 11) is 1.76. The first kappa shape index (κ1) is 28.3. The van der Waals surface area contributed by atoms with Gasteiger partial charge in [0.1, 0.15) is 12.1 Å². The average Bonchev–Trinajstić information content (AvgIpc) is 3.36. The summed E-state index contributed by atoms with van der Waals surface area (Å²) in [5, 5.41) is 9.06. The summed E-state index contributed by atoms with van der Waals surface area (Å²) in [4.78, 5) is 56.3. The number of nitrogens with one attached hydrogen (secondary N) is 3. The van der Waals surface area contributed by atoms with Crippen LogP contribution in [0.1, 0.15) is 50.3 Å². The molecule has 0 saturated carbocycles. The van der Waals surface area contributed by atoms with Gasteiger partial charge in [-0.3, -0.25) is 19.2 Å². The van der Waals surface area contributed by atoms with Crippen molar-refractivity contribution in [3.63, 3.8) is 0 Å². The summed E-state index contributed by atoms with van der Waals surface area (Å²) in [6, 6.07) is 17.4. The molecule has 0 spiro atoms. The summed E-state index contributed by atoms with van der Waals surface area (Å²) in [6.45, 7) is 4.27. The summed E-state index contributed by atoms with van der Waals surface area (Å²) >= 11 is 0. The van der Waals surface area contributed by atoms with E-state index in [4.69, 9.17) is 0 Å². The second kappa shape index (κ2) is 12.9. The van der Waals surface area contributed by atoms with Crippen molar-refractivity contribution in [2.75, 3.05) is 26.7 Å². The number of carbonyl (C=O) groups is 4. The van der Waals surface area contributed by atoms with Crippen LogP contribution in [-0.2, 0) is 19.2 Å². The molecule has 9 nitrogen and oxygen atoms in total. The molecule has 9 heteroatoms. The molecule has 0 aliphatic carbocycles. The molecule has 208 valence electrons. The Bertz CT molecular complexity index is 1120. The predicted molar refractivity (Wildman–Crippen MR) is 148 cm³/mol. The Morgan fingerprint density at radius 2 is 1.56 bits per heavy atom. The van der Waals surface area contributed by atoms with Crippen molar-refractivity contribution < 1.29 is 19.2 Å². The molecule has 4 atom stereocenters. The highest BCUT2D eigenvalue weighted by molar-refractivity contribution is 5.94. The van der Waals surface area contributed by atoms with Gasteiger partial charge in [-0.05, 0) is 37.4 Å². The molecular formula is C30H39N5O4. The van der Waals surface area contributed by atoms with Crippen LogP contribution in [0.2, 0.25) is 0 Å². The number of benzene rings is 2. The number of carbonyl (C=O) groups excluding carboxylic acids is 4. The summed E-state index contributed by atoms with van der Waals surface area (Å²) in [5.74, 6) is -1.30. The minimum atomic E-state index is -0.920. The van der Waals surface area contributed by atoms with Gasteiger partial charge in [-0.25, -0.2) is 0 Å². The molecule has 2 heterocycles. The lowest BCUT2D eigenvalue weighted by Crippen LogP contribution is -2.61. The predicted octanol–water partition coefficient (Wildman–Crippen LogP) is 1.84. The van der Waals surface area contributed by atoms with E-state index < -0.39 is 12.1 Å². The molecule has 39 heavy (non-hydrogen) atoms. The van der Waals surface area contributed by atoms with Gasteiger partial charge < -0.3 is 25.8 Å². The lowest BCUT2D eigenvalue weighted by atomic mass is 9.98. The van der Waals surface area contributed by atoms with Gasteiger partial charge >= 0.3 is 0 Å². The molecule has 0 unspecified atom stereocenters. The molecule has 2 fully saturated rings. The molecule has 0 aromatic heterocycles. The smallest absolute Gasteiger partial charge is 0.247 e. The minimum Gasteiger partial charge on any atom is -0.343 e. The van der Waals surface area contributed by atoms with Crippen LogP contribution in [-0.4, -0.2) is 78.2 Å². The summed E-state index contributed by atoms with van der Waals surface area (Å²) in [5.41, 5.74) is 1.90. The van der Waals surface area contributed by atoms with Crippen LogP contribution >= 0.6 is 0 Å². The van der Waals surface area contributed by atoms with E-state index in [1.807, 2.05) is 60.7 Å². The molecule has 3 N–H and O–H groups in total. The Morgan fingerprint density at radius 1 is 0.949 bits per heavy atom. The largest absolute Gasteiger partial charge is 0.343 e. The van der Waals surface area contributed by atoms with Crippen molar-refractivity contribution in [3.05, 3.63) is 71.8 Å². The Morgan fingerprint density at radius 3 is 2.13 bits per heavy atom. The van der Waals surface area contributed by atoms with Crippen LogP contribution in [0, 0.1) is 5.92 Å². The van der Waals surface area contributed by atoms with Gasteiger partial charge in [-0.15, -0.1) is 0 Å². The van der Waals surface area contributed by atoms with E-state index in [1.54, 1.807) is 23.8 Å². The molecule has 2 saturated heterocycles. The van der Waals surface area contributed by atoms with Gasteiger partial charge in [-0.2, -0.15) is 0 Å². The van der Waals surface area contributed by atoms with E-state index >= 15 is 0 Å². The van der Waals surface area contributed by atoms with Gasteiger partial charge in [-0.1, -0.05) is 67.6 Å². The maximum Gasteiger partial charge on any atom is 0.247 e. The molecule has 2 aromatic rings. The maximum atomic E-state index is 14.0. The molecule has 4 amide bonds. The second-order valence-electron chi connectivity index (χ2n) is 10.5. The molecule has 0 bridgehead atoms. The third-order valence-electron chi connectivity index (χ3n) is 7.77. The molecule has 4 rings (SSSR count). The topological polar surface area (TPSA) is 111 Å². The van der Waals surface area contributed by atoms with E-state index in [2.05, 4.69) is 16.0 Å². The Labute approximate surface area is 230 Å². The van der Waals surface area contributed by atoms with Crippen molar-refractivity contribution in [2.24, 2.45) is 5.92 Å². The monoisotopic (exact) mass is 533 g/mol. The second-order valence-corrected chi connectivity index (χ2v) is 10.5. The molecule has 2 aliphatic heterocycles. The number of nitrogens with zero attached hydrogens (tertiary/aromatic N) is 2. The van der Waals surface area contributed by atoms with E-state index in [-0.39, 0.29) is 48.2 Å². The fourth-order valence-electron chi connectivity index (χ4n) is 5.63. The van der Waals surface area contributed by atoms with Crippen LogP contribution in [0.5, 0.6) is 0 Å². The lowest BCUT2D eigenvalue weighted by Gasteiger charge is -2.39. The van der Waals surface area contributed by atoms with E-state index in [0.29, 0.717) is 32.4 Å². The maximum absolute atomic E-state index is 14.0. The zero-order valence-electron chi connectivity index (χ0n) is 22.9. The van der Waals surface area contributed by atoms with E-state index in [1.165, 1.54) is 6.92 Å². The Balaban J connectivity index is 1.59. The fourth-order valence-corrected chi connectivity index (χ4v) is 5.63. The van der Waals surface area contributed by atoms with Gasteiger partial charge in [0, 0.05) is 38.5 Å². The van der Waals surface area contributed by atoms with Gasteiger partial charge in [0.15, 0.2) is 0 Å². The molecule has 0 radical (unpaired) electrons. The first-order chi connectivity index (χ1) is 18.8. The van der Waals surface area contributed by atoms with Crippen molar-refractivity contribution in [3.8, 4) is 0 Å². The molecular weight excluding hydrogens is 494 g/mol. The standard InChI is InChI=1S/C30H39N5O4/c1-20(18-31-3)28(37)32-25-19-34(21(2)36)17-16-24-14-15-26(35(24)30(25)39)29(38)33-27(22-10-6-4-7-11-22)23-12-8-5-9-13-23/h4-13,20,24-27,31H,14-19H2,1-3H3,(H,32,37)(H,33,38)/t20-,24-,25+,26+/m1/s1. The number of amides is 4. The van der Waals surface area contributed by atoms with Crippen molar-refractivity contribution in [2.45, 2.75) is 57.3 Å². The van der Waals surface area contributed by atoms with Crippen molar-refractivity contribution in [1.29, 1.82) is 0 Å². The normalized spacial score (nSPS) is 22.1. The van der Waals surface area contributed by atoms with Crippen LogP contribution in [0.3, 0.4) is 0 Å². The minimum absolute atomic E-state index is 0.0837. The van der Waals surface area contributed by atoms with Crippen LogP contribution in [0.25, 0.3) is 0 Å². The molecule has 2 aliphatic rings. The Kier molecular flexibility index (Phi) is 9.35. The summed E-state index contributed by atoms with van der Waals surface area (Å²) < 4.78 is 0. The van der Waals surface area contributed by atoms with E-state index in [9.17, 15) is 19.2 Å². The van der Waals surface area contributed by atoms with Crippen LogP contribution in [0.4, 0.5) is 0 Å². The van der Waals surface area contributed by atoms with Gasteiger partial charge in [0.2, 0.25) is 23.6 Å². The van der Waals surface area contributed by atoms with Crippen molar-refractivity contribution in [1.82, 2.24) is 25.8 Å². The zero-order valence-corrected chi connectivity index (χ0v) is 22.9.